The van der Waals surface area contributed by atoms with E-state index in [4.69, 9.17) is 0 Å². The van der Waals surface area contributed by atoms with Crippen LogP contribution in [-0.2, 0) is 13.0 Å². The van der Waals surface area contributed by atoms with Gasteiger partial charge in [-0.1, -0.05) is 6.92 Å². The summed E-state index contributed by atoms with van der Waals surface area (Å²) in [6.07, 6.45) is 6.23. The average Bonchev–Trinajstić information content (AvgIpc) is 3.24. The zero-order chi connectivity index (χ0) is 15.4. The van der Waals surface area contributed by atoms with Crippen molar-refractivity contribution in [2.45, 2.75) is 19.9 Å². The molecule has 22 heavy (non-hydrogen) atoms. The average molecular weight is 312 g/mol. The molecule has 3 rings (SSSR count). The van der Waals surface area contributed by atoms with E-state index in [2.05, 4.69) is 22.2 Å². The van der Waals surface area contributed by atoms with Crippen molar-refractivity contribution in [3.63, 3.8) is 0 Å². The van der Waals surface area contributed by atoms with Gasteiger partial charge in [0.2, 0.25) is 0 Å². The van der Waals surface area contributed by atoms with Crippen LogP contribution in [0.3, 0.4) is 0 Å². The number of benzene rings is 1. The molecular formula is C16H16N4OS. The van der Waals surface area contributed by atoms with E-state index < -0.39 is 0 Å². The van der Waals surface area contributed by atoms with E-state index in [-0.39, 0.29) is 5.91 Å². The fourth-order valence-electron chi connectivity index (χ4n) is 2.06. The van der Waals surface area contributed by atoms with Crippen molar-refractivity contribution in [1.29, 1.82) is 0 Å². The van der Waals surface area contributed by atoms with E-state index >= 15 is 0 Å². The highest BCUT2D eigenvalue weighted by molar-refractivity contribution is 7.09. The van der Waals surface area contributed by atoms with Crippen LogP contribution in [0.1, 0.15) is 28.0 Å². The molecule has 0 aliphatic carbocycles. The van der Waals surface area contributed by atoms with Crippen LogP contribution < -0.4 is 5.32 Å². The molecule has 0 atom stereocenters. The first kappa shape index (κ1) is 14.5. The Hall–Kier alpha value is -2.47. The van der Waals surface area contributed by atoms with Crippen LogP contribution in [0.25, 0.3) is 5.69 Å². The first-order valence-corrected chi connectivity index (χ1v) is 7.94. The highest BCUT2D eigenvalue weighted by atomic mass is 32.1. The lowest BCUT2D eigenvalue weighted by Crippen LogP contribution is -2.22. The molecule has 0 aliphatic rings. The number of carbonyl (C=O) groups excluding carboxylic acids is 1. The molecule has 112 valence electrons. The topological polar surface area (TPSA) is 59.8 Å². The summed E-state index contributed by atoms with van der Waals surface area (Å²) >= 11 is 1.63. The summed E-state index contributed by atoms with van der Waals surface area (Å²) in [6.45, 7) is 2.53. The van der Waals surface area contributed by atoms with Crippen molar-refractivity contribution >= 4 is 17.2 Å². The van der Waals surface area contributed by atoms with Gasteiger partial charge in [0.05, 0.1) is 23.6 Å². The smallest absolute Gasteiger partial charge is 0.251 e. The second-order valence-corrected chi connectivity index (χ2v) is 5.73. The second kappa shape index (κ2) is 6.53. The molecule has 0 radical (unpaired) electrons. The number of rotatable bonds is 5. The molecule has 1 N–H and O–H groups in total. The third-order valence-electron chi connectivity index (χ3n) is 3.26. The van der Waals surface area contributed by atoms with Gasteiger partial charge >= 0.3 is 0 Å². The number of amides is 1. The zero-order valence-electron chi connectivity index (χ0n) is 12.2. The molecule has 6 heteroatoms. The number of nitrogens with zero attached hydrogens (tertiary/aromatic N) is 3. The number of imidazole rings is 1. The third kappa shape index (κ3) is 3.23. The van der Waals surface area contributed by atoms with E-state index in [0.29, 0.717) is 12.1 Å². The van der Waals surface area contributed by atoms with E-state index in [0.717, 1.165) is 22.8 Å². The fraction of sp³-hybridized carbons (Fsp3) is 0.188. The third-order valence-corrected chi connectivity index (χ3v) is 4.31. The van der Waals surface area contributed by atoms with Gasteiger partial charge in [0.15, 0.2) is 0 Å². The largest absolute Gasteiger partial charge is 0.346 e. The minimum Gasteiger partial charge on any atom is -0.346 e. The molecule has 2 aromatic heterocycles. The van der Waals surface area contributed by atoms with Gasteiger partial charge in [-0.25, -0.2) is 9.97 Å². The Kier molecular flexibility index (Phi) is 4.29. The lowest BCUT2D eigenvalue weighted by molar-refractivity contribution is 0.0950. The Morgan fingerprint density at radius 1 is 1.32 bits per heavy atom. The normalized spacial score (nSPS) is 10.6. The lowest BCUT2D eigenvalue weighted by atomic mass is 10.2. The number of aryl methyl sites for hydroxylation is 1. The van der Waals surface area contributed by atoms with Crippen molar-refractivity contribution in [2.75, 3.05) is 0 Å². The van der Waals surface area contributed by atoms with Crippen LogP contribution in [0.15, 0.2) is 48.4 Å². The summed E-state index contributed by atoms with van der Waals surface area (Å²) in [4.78, 5) is 20.6. The first-order valence-electron chi connectivity index (χ1n) is 7.06. The van der Waals surface area contributed by atoms with Gasteiger partial charge in [-0.3, -0.25) is 4.79 Å². The van der Waals surface area contributed by atoms with Crippen molar-refractivity contribution in [3.05, 3.63) is 64.6 Å². The number of nitrogens with one attached hydrogen (secondary N) is 1. The van der Waals surface area contributed by atoms with E-state index in [9.17, 15) is 4.79 Å². The first-order chi connectivity index (χ1) is 10.8. The summed E-state index contributed by atoms with van der Waals surface area (Å²) in [5, 5.41) is 5.97. The minimum atomic E-state index is -0.0942. The molecule has 0 saturated heterocycles. The Labute approximate surface area is 132 Å². The maximum Gasteiger partial charge on any atom is 0.251 e. The summed E-state index contributed by atoms with van der Waals surface area (Å²) < 4.78 is 1.89. The lowest BCUT2D eigenvalue weighted by Gasteiger charge is -2.05. The van der Waals surface area contributed by atoms with Crippen LogP contribution in [0, 0.1) is 0 Å². The van der Waals surface area contributed by atoms with E-state index in [1.807, 2.05) is 40.4 Å². The highest BCUT2D eigenvalue weighted by Crippen LogP contribution is 2.11. The van der Waals surface area contributed by atoms with Crippen LogP contribution in [0.4, 0.5) is 0 Å². The van der Waals surface area contributed by atoms with Gasteiger partial charge in [-0.05, 0) is 30.7 Å². The van der Waals surface area contributed by atoms with Crippen LogP contribution in [0.2, 0.25) is 0 Å². The Balaban J connectivity index is 1.62. The Bertz CT molecular complexity index is 747. The number of hydrogen-bond acceptors (Lipinski definition) is 4. The summed E-state index contributed by atoms with van der Waals surface area (Å²) in [6, 6.07) is 7.41. The summed E-state index contributed by atoms with van der Waals surface area (Å²) in [7, 11) is 0. The van der Waals surface area contributed by atoms with Gasteiger partial charge < -0.3 is 9.88 Å². The molecule has 0 bridgehead atoms. The maximum atomic E-state index is 12.1. The van der Waals surface area contributed by atoms with Gasteiger partial charge in [-0.2, -0.15) is 0 Å². The molecule has 0 unspecified atom stereocenters. The Morgan fingerprint density at radius 3 is 2.77 bits per heavy atom. The predicted molar refractivity (Wildman–Crippen MR) is 86.2 cm³/mol. The zero-order valence-corrected chi connectivity index (χ0v) is 13.0. The number of thiazole rings is 1. The van der Waals surface area contributed by atoms with Gasteiger partial charge in [0.1, 0.15) is 0 Å². The fourth-order valence-corrected chi connectivity index (χ4v) is 2.81. The molecule has 2 heterocycles. The maximum absolute atomic E-state index is 12.1. The number of hydrogen-bond donors (Lipinski definition) is 1. The number of aromatic nitrogens is 3. The second-order valence-electron chi connectivity index (χ2n) is 4.79. The van der Waals surface area contributed by atoms with Gasteiger partial charge in [0.25, 0.3) is 5.91 Å². The highest BCUT2D eigenvalue weighted by Gasteiger charge is 2.07. The molecule has 0 fully saturated rings. The molecule has 0 aliphatic heterocycles. The molecule has 1 aromatic carbocycles. The molecule has 0 spiro atoms. The van der Waals surface area contributed by atoms with Crippen LogP contribution in [0.5, 0.6) is 0 Å². The molecule has 1 amide bonds. The molecule has 0 saturated carbocycles. The van der Waals surface area contributed by atoms with Gasteiger partial charge in [0, 0.05) is 29.0 Å². The van der Waals surface area contributed by atoms with Crippen molar-refractivity contribution in [1.82, 2.24) is 19.9 Å². The Morgan fingerprint density at radius 2 is 2.14 bits per heavy atom. The van der Waals surface area contributed by atoms with Crippen LogP contribution >= 0.6 is 11.3 Å². The van der Waals surface area contributed by atoms with Crippen LogP contribution in [-0.4, -0.2) is 20.4 Å². The van der Waals surface area contributed by atoms with Crippen molar-refractivity contribution < 1.29 is 4.79 Å². The quantitative estimate of drug-likeness (QED) is 0.788. The van der Waals surface area contributed by atoms with Crippen molar-refractivity contribution in [3.8, 4) is 5.69 Å². The van der Waals surface area contributed by atoms with E-state index in [1.165, 1.54) is 0 Å². The summed E-state index contributed by atoms with van der Waals surface area (Å²) in [5.74, 6) is -0.0942. The monoisotopic (exact) mass is 312 g/mol. The molecule has 3 aromatic rings. The minimum absolute atomic E-state index is 0.0942. The number of carbonyl (C=O) groups is 1. The predicted octanol–water partition coefficient (Wildman–Crippen LogP) is 2.82. The summed E-state index contributed by atoms with van der Waals surface area (Å²) in [5.41, 5.74) is 2.51. The SMILES string of the molecule is CCc1nc(CNC(=O)c2ccc(-n3ccnc3)cc2)cs1. The molecule has 5 nitrogen and oxygen atoms in total. The molecular weight excluding hydrogens is 296 g/mol. The van der Waals surface area contributed by atoms with Crippen molar-refractivity contribution in [2.24, 2.45) is 0 Å². The standard InChI is InChI=1S/C16H16N4OS/c1-2-15-19-13(10-22-15)9-18-16(21)12-3-5-14(6-4-12)20-8-7-17-11-20/h3-8,10-11H,2,9H2,1H3,(H,18,21). The van der Waals surface area contributed by atoms with E-state index in [1.54, 1.807) is 23.9 Å². The van der Waals surface area contributed by atoms with Gasteiger partial charge in [-0.15, -0.1) is 11.3 Å².